The van der Waals surface area contributed by atoms with E-state index in [1.165, 1.54) is 0 Å². The highest BCUT2D eigenvalue weighted by atomic mass is 16.5. The van der Waals surface area contributed by atoms with Gasteiger partial charge in [0, 0.05) is 12.8 Å². The van der Waals surface area contributed by atoms with Crippen LogP contribution < -0.4 is 11.3 Å². The summed E-state index contributed by atoms with van der Waals surface area (Å²) in [7, 11) is 0. The summed E-state index contributed by atoms with van der Waals surface area (Å²) in [5.41, 5.74) is 2.95. The minimum atomic E-state index is -0.307. The van der Waals surface area contributed by atoms with Gasteiger partial charge >= 0.3 is 5.97 Å². The second-order valence-electron chi connectivity index (χ2n) is 3.57. The molecular formula is C12H16N2O3. The van der Waals surface area contributed by atoms with E-state index in [1.807, 2.05) is 35.8 Å². The van der Waals surface area contributed by atoms with Crippen LogP contribution in [0.4, 0.5) is 0 Å². The lowest BCUT2D eigenvalue weighted by Gasteiger charge is -2.04. The minimum Gasteiger partial charge on any atom is -0.461 e. The Morgan fingerprint density at radius 1 is 1.18 bits per heavy atom. The number of rotatable bonds is 6. The van der Waals surface area contributed by atoms with Gasteiger partial charge in [-0.3, -0.25) is 15.0 Å². The molecule has 0 saturated heterocycles. The van der Waals surface area contributed by atoms with E-state index in [0.717, 1.165) is 5.56 Å². The van der Waals surface area contributed by atoms with Crippen LogP contribution >= 0.6 is 0 Å². The third-order valence-corrected chi connectivity index (χ3v) is 2.19. The van der Waals surface area contributed by atoms with Gasteiger partial charge in [0.15, 0.2) is 0 Å². The SMILES string of the molecule is NNC(=O)CCCC(=O)OCc1ccccc1. The first-order valence-electron chi connectivity index (χ1n) is 5.41. The average Bonchev–Trinajstić information content (AvgIpc) is 2.37. The van der Waals surface area contributed by atoms with Crippen molar-refractivity contribution in [2.45, 2.75) is 25.9 Å². The molecule has 5 nitrogen and oxygen atoms in total. The molecule has 0 bridgehead atoms. The first-order chi connectivity index (χ1) is 8.22. The summed E-state index contributed by atoms with van der Waals surface area (Å²) in [5.74, 6) is 4.32. The van der Waals surface area contributed by atoms with E-state index in [0.29, 0.717) is 6.42 Å². The smallest absolute Gasteiger partial charge is 0.306 e. The summed E-state index contributed by atoms with van der Waals surface area (Å²) < 4.78 is 5.04. The van der Waals surface area contributed by atoms with E-state index in [-0.39, 0.29) is 31.3 Å². The van der Waals surface area contributed by atoms with Gasteiger partial charge in [-0.15, -0.1) is 0 Å². The Balaban J connectivity index is 2.16. The quantitative estimate of drug-likeness (QED) is 0.332. The number of carbonyl (C=O) groups is 2. The summed E-state index contributed by atoms with van der Waals surface area (Å²) in [6, 6.07) is 9.44. The third-order valence-electron chi connectivity index (χ3n) is 2.19. The number of carbonyl (C=O) groups excluding carboxylic acids is 2. The van der Waals surface area contributed by atoms with Crippen LogP contribution in [0.1, 0.15) is 24.8 Å². The standard InChI is InChI=1S/C12H16N2O3/c13-14-11(15)7-4-8-12(16)17-9-10-5-2-1-3-6-10/h1-3,5-6H,4,7-9,13H2,(H,14,15). The molecule has 0 atom stereocenters. The molecular weight excluding hydrogens is 220 g/mol. The fourth-order valence-corrected chi connectivity index (χ4v) is 1.28. The molecule has 1 aromatic carbocycles. The highest BCUT2D eigenvalue weighted by Gasteiger charge is 2.05. The van der Waals surface area contributed by atoms with E-state index in [9.17, 15) is 9.59 Å². The number of hydrogen-bond donors (Lipinski definition) is 2. The molecule has 0 radical (unpaired) electrons. The van der Waals surface area contributed by atoms with Gasteiger partial charge < -0.3 is 4.74 Å². The Hall–Kier alpha value is -1.88. The number of benzene rings is 1. The zero-order valence-corrected chi connectivity index (χ0v) is 9.52. The van der Waals surface area contributed by atoms with Crippen LogP contribution in [0.3, 0.4) is 0 Å². The number of hydrogen-bond acceptors (Lipinski definition) is 4. The number of amides is 1. The van der Waals surface area contributed by atoms with Gasteiger partial charge in [0.05, 0.1) is 0 Å². The molecule has 0 aliphatic heterocycles. The molecule has 0 fully saturated rings. The molecule has 1 aromatic rings. The Kier molecular flexibility index (Phi) is 5.74. The molecule has 5 heteroatoms. The summed E-state index contributed by atoms with van der Waals surface area (Å²) in [6.45, 7) is 0.267. The van der Waals surface area contributed by atoms with Crippen LogP contribution in [-0.4, -0.2) is 11.9 Å². The largest absolute Gasteiger partial charge is 0.461 e. The van der Waals surface area contributed by atoms with Gasteiger partial charge in [0.2, 0.25) is 5.91 Å². The molecule has 3 N–H and O–H groups in total. The molecule has 0 unspecified atom stereocenters. The van der Waals surface area contributed by atoms with Gasteiger partial charge in [-0.1, -0.05) is 30.3 Å². The number of esters is 1. The minimum absolute atomic E-state index is 0.222. The maximum absolute atomic E-state index is 11.3. The summed E-state index contributed by atoms with van der Waals surface area (Å²) in [4.78, 5) is 22.1. The molecule has 1 amide bonds. The van der Waals surface area contributed by atoms with Crippen LogP contribution in [0.25, 0.3) is 0 Å². The van der Waals surface area contributed by atoms with Gasteiger partial charge in [0.25, 0.3) is 0 Å². The predicted octanol–water partition coefficient (Wildman–Crippen LogP) is 0.890. The molecule has 0 spiro atoms. The fraction of sp³-hybridized carbons (Fsp3) is 0.333. The van der Waals surface area contributed by atoms with Crippen molar-refractivity contribution >= 4 is 11.9 Å². The van der Waals surface area contributed by atoms with Crippen LogP contribution in [0, 0.1) is 0 Å². The van der Waals surface area contributed by atoms with E-state index < -0.39 is 0 Å². The molecule has 0 aromatic heterocycles. The van der Waals surface area contributed by atoms with Gasteiger partial charge in [-0.2, -0.15) is 0 Å². The summed E-state index contributed by atoms with van der Waals surface area (Å²) in [5, 5.41) is 0. The number of ether oxygens (including phenoxy) is 1. The van der Waals surface area contributed by atoms with E-state index in [1.54, 1.807) is 0 Å². The number of nitrogens with two attached hydrogens (primary N) is 1. The lowest BCUT2D eigenvalue weighted by molar-refractivity contribution is -0.145. The van der Waals surface area contributed by atoms with Crippen molar-refractivity contribution in [3.8, 4) is 0 Å². The highest BCUT2D eigenvalue weighted by Crippen LogP contribution is 2.03. The predicted molar refractivity (Wildman–Crippen MR) is 62.4 cm³/mol. The Morgan fingerprint density at radius 2 is 1.88 bits per heavy atom. The third kappa shape index (κ3) is 5.67. The van der Waals surface area contributed by atoms with E-state index in [4.69, 9.17) is 10.6 Å². The maximum atomic E-state index is 11.3. The topological polar surface area (TPSA) is 81.4 Å². The maximum Gasteiger partial charge on any atom is 0.306 e. The van der Waals surface area contributed by atoms with Crippen molar-refractivity contribution in [2.75, 3.05) is 0 Å². The summed E-state index contributed by atoms with van der Waals surface area (Å²) >= 11 is 0. The van der Waals surface area contributed by atoms with Crippen molar-refractivity contribution in [1.29, 1.82) is 0 Å². The van der Waals surface area contributed by atoms with Crippen molar-refractivity contribution in [2.24, 2.45) is 5.84 Å². The number of hydrazine groups is 1. The zero-order valence-electron chi connectivity index (χ0n) is 9.52. The molecule has 1 rings (SSSR count). The second kappa shape index (κ2) is 7.40. The Morgan fingerprint density at radius 3 is 2.53 bits per heavy atom. The van der Waals surface area contributed by atoms with Gasteiger partial charge in [-0.25, -0.2) is 5.84 Å². The normalized spacial score (nSPS) is 9.71. The average molecular weight is 236 g/mol. The molecule has 0 heterocycles. The first-order valence-corrected chi connectivity index (χ1v) is 5.41. The lowest BCUT2D eigenvalue weighted by atomic mass is 10.2. The molecule has 92 valence electrons. The van der Waals surface area contributed by atoms with Gasteiger partial charge in [0.1, 0.15) is 6.61 Å². The van der Waals surface area contributed by atoms with E-state index >= 15 is 0 Å². The molecule has 17 heavy (non-hydrogen) atoms. The monoisotopic (exact) mass is 236 g/mol. The Bertz CT molecular complexity index is 365. The highest BCUT2D eigenvalue weighted by molar-refractivity contribution is 5.76. The molecule has 0 saturated carbocycles. The second-order valence-corrected chi connectivity index (χ2v) is 3.57. The first kappa shape index (κ1) is 13.2. The van der Waals surface area contributed by atoms with Crippen molar-refractivity contribution < 1.29 is 14.3 Å². The zero-order chi connectivity index (χ0) is 12.5. The summed E-state index contributed by atoms with van der Waals surface area (Å²) in [6.07, 6.45) is 0.897. The molecule has 0 aliphatic rings. The van der Waals surface area contributed by atoms with Crippen LogP contribution in [0.5, 0.6) is 0 Å². The van der Waals surface area contributed by atoms with Crippen LogP contribution in [0.2, 0.25) is 0 Å². The van der Waals surface area contributed by atoms with E-state index in [2.05, 4.69) is 0 Å². The van der Waals surface area contributed by atoms with Crippen molar-refractivity contribution in [3.63, 3.8) is 0 Å². The lowest BCUT2D eigenvalue weighted by Crippen LogP contribution is -2.29. The number of nitrogens with one attached hydrogen (secondary N) is 1. The molecule has 0 aliphatic carbocycles. The van der Waals surface area contributed by atoms with Crippen molar-refractivity contribution in [1.82, 2.24) is 5.43 Å². The van der Waals surface area contributed by atoms with Crippen LogP contribution in [-0.2, 0) is 20.9 Å². The van der Waals surface area contributed by atoms with Crippen molar-refractivity contribution in [3.05, 3.63) is 35.9 Å². The Labute approximate surface area is 99.9 Å². The fourth-order valence-electron chi connectivity index (χ4n) is 1.28. The van der Waals surface area contributed by atoms with Gasteiger partial charge in [-0.05, 0) is 12.0 Å². The van der Waals surface area contributed by atoms with Crippen LogP contribution in [0.15, 0.2) is 30.3 Å².